The van der Waals surface area contributed by atoms with Crippen LogP contribution >= 0.6 is 0 Å². The third kappa shape index (κ3) is 4.41. The third-order valence-corrected chi connectivity index (χ3v) is 3.20. The number of nitrogens with zero attached hydrogens (tertiary/aromatic N) is 3. The monoisotopic (exact) mass is 331 g/mol. The molecule has 0 amide bonds. The minimum absolute atomic E-state index is 0.218. The van der Waals surface area contributed by atoms with E-state index in [2.05, 4.69) is 15.0 Å². The van der Waals surface area contributed by atoms with Gasteiger partial charge in [0.2, 0.25) is 0 Å². The fourth-order valence-corrected chi connectivity index (χ4v) is 2.11. The molecule has 1 aromatic heterocycles. The van der Waals surface area contributed by atoms with Gasteiger partial charge in [-0.3, -0.25) is 4.98 Å². The Balaban J connectivity index is 2.43. The minimum Gasteiger partial charge on any atom is -0.378 e. The van der Waals surface area contributed by atoms with Crippen molar-refractivity contribution < 1.29 is 27.5 Å². The first kappa shape index (κ1) is 17.2. The first-order valence-corrected chi connectivity index (χ1v) is 6.91. The zero-order valence-corrected chi connectivity index (χ0v) is 12.7. The average molecular weight is 331 g/mol. The van der Waals surface area contributed by atoms with E-state index >= 15 is 0 Å². The van der Waals surface area contributed by atoms with Crippen molar-refractivity contribution in [1.29, 1.82) is 0 Å². The van der Waals surface area contributed by atoms with E-state index in [1.807, 2.05) is 0 Å². The van der Waals surface area contributed by atoms with Gasteiger partial charge in [-0.25, -0.2) is 4.79 Å². The first-order valence-electron chi connectivity index (χ1n) is 6.91. The molecule has 9 heteroatoms. The molecular formula is C14H16F3N3O3. The van der Waals surface area contributed by atoms with E-state index in [9.17, 15) is 18.0 Å². The molecule has 23 heavy (non-hydrogen) atoms. The van der Waals surface area contributed by atoms with Crippen molar-refractivity contribution in [1.82, 2.24) is 4.98 Å². The maximum atomic E-state index is 12.9. The maximum Gasteiger partial charge on any atom is 0.417 e. The minimum atomic E-state index is -4.49. The molecule has 1 aromatic rings. The van der Waals surface area contributed by atoms with Gasteiger partial charge in [0.1, 0.15) is 11.4 Å². The summed E-state index contributed by atoms with van der Waals surface area (Å²) in [6.07, 6.45) is -3.75. The van der Waals surface area contributed by atoms with Crippen LogP contribution in [0.2, 0.25) is 0 Å². The van der Waals surface area contributed by atoms with Gasteiger partial charge >= 0.3 is 12.1 Å². The molecule has 126 valence electrons. The average Bonchev–Trinajstić information content (AvgIpc) is 2.52. The first-order chi connectivity index (χ1) is 10.8. The van der Waals surface area contributed by atoms with E-state index in [0.717, 1.165) is 12.3 Å². The molecule has 6 nitrogen and oxygen atoms in total. The number of rotatable bonds is 3. The number of hydrogen-bond donors (Lipinski definition) is 0. The highest BCUT2D eigenvalue weighted by Gasteiger charge is 2.33. The van der Waals surface area contributed by atoms with Crippen molar-refractivity contribution in [3.63, 3.8) is 0 Å². The summed E-state index contributed by atoms with van der Waals surface area (Å²) in [4.78, 5) is 21.0. The second-order valence-corrected chi connectivity index (χ2v) is 4.95. The molecule has 1 aliphatic rings. The van der Waals surface area contributed by atoms with Crippen LogP contribution in [0.15, 0.2) is 17.4 Å². The number of oxime groups is 1. The molecule has 1 fully saturated rings. The van der Waals surface area contributed by atoms with Crippen LogP contribution in [0.25, 0.3) is 0 Å². The molecule has 0 radical (unpaired) electrons. The lowest BCUT2D eigenvalue weighted by Crippen LogP contribution is -2.37. The van der Waals surface area contributed by atoms with Crippen molar-refractivity contribution in [3.05, 3.63) is 23.5 Å². The molecule has 2 rings (SSSR count). The number of pyridine rings is 1. The predicted octanol–water partition coefficient (Wildman–Crippen LogP) is 2.22. The quantitative estimate of drug-likeness (QED) is 0.483. The second-order valence-electron chi connectivity index (χ2n) is 4.95. The zero-order chi connectivity index (χ0) is 17.0. The highest BCUT2D eigenvalue weighted by Crippen LogP contribution is 2.33. The smallest absolute Gasteiger partial charge is 0.378 e. The molecule has 1 saturated heterocycles. The molecule has 0 aromatic carbocycles. The van der Waals surface area contributed by atoms with Crippen LogP contribution < -0.4 is 4.90 Å². The highest BCUT2D eigenvalue weighted by atomic mass is 19.4. The summed E-state index contributed by atoms with van der Waals surface area (Å²) in [5.74, 6) is -0.621. The number of aromatic nitrogens is 1. The number of halogens is 3. The Morgan fingerprint density at radius 3 is 2.57 bits per heavy atom. The van der Waals surface area contributed by atoms with Gasteiger partial charge in [-0.05, 0) is 13.0 Å². The van der Waals surface area contributed by atoms with Crippen molar-refractivity contribution in [2.24, 2.45) is 5.16 Å². The summed E-state index contributed by atoms with van der Waals surface area (Å²) in [5.41, 5.74) is -0.101. The lowest BCUT2D eigenvalue weighted by molar-refractivity contribution is -0.141. The number of morpholine rings is 1. The molecule has 2 heterocycles. The van der Waals surface area contributed by atoms with Gasteiger partial charge < -0.3 is 14.5 Å². The van der Waals surface area contributed by atoms with Gasteiger partial charge in [-0.1, -0.05) is 5.16 Å². The number of carbonyl (C=O) groups excluding carboxylic acids is 1. The Bertz CT molecular complexity index is 611. The topological polar surface area (TPSA) is 64.0 Å². The lowest BCUT2D eigenvalue weighted by Gasteiger charge is -2.30. The van der Waals surface area contributed by atoms with Gasteiger partial charge in [-0.2, -0.15) is 13.2 Å². The Morgan fingerprint density at radius 1 is 1.35 bits per heavy atom. The normalized spacial score (nSPS) is 16.4. The van der Waals surface area contributed by atoms with Crippen molar-refractivity contribution in [2.45, 2.75) is 20.0 Å². The molecule has 1 aliphatic heterocycles. The summed E-state index contributed by atoms with van der Waals surface area (Å²) in [6.45, 7) is 4.40. The van der Waals surface area contributed by atoms with E-state index in [4.69, 9.17) is 4.74 Å². The van der Waals surface area contributed by atoms with Crippen LogP contribution in [0, 0.1) is 0 Å². The number of alkyl halides is 3. The predicted molar refractivity (Wildman–Crippen MR) is 76.2 cm³/mol. The van der Waals surface area contributed by atoms with Crippen molar-refractivity contribution >= 4 is 17.4 Å². The molecule has 0 atom stereocenters. The van der Waals surface area contributed by atoms with Gasteiger partial charge in [0.15, 0.2) is 0 Å². The molecular weight excluding hydrogens is 315 g/mol. The van der Waals surface area contributed by atoms with Gasteiger partial charge in [0.25, 0.3) is 0 Å². The fourth-order valence-electron chi connectivity index (χ4n) is 2.11. The molecule has 0 saturated carbocycles. The summed E-state index contributed by atoms with van der Waals surface area (Å²) >= 11 is 0. The summed E-state index contributed by atoms with van der Waals surface area (Å²) < 4.78 is 44.0. The SMILES string of the molecule is CC(=O)O/N=C(/C)c1ncc(C(F)(F)F)cc1N1CCOCC1. The number of hydrogen-bond acceptors (Lipinski definition) is 6. The van der Waals surface area contributed by atoms with Crippen LogP contribution in [0.3, 0.4) is 0 Å². The summed E-state index contributed by atoms with van der Waals surface area (Å²) in [7, 11) is 0. The van der Waals surface area contributed by atoms with Crippen LogP contribution in [0.5, 0.6) is 0 Å². The number of anilines is 1. The van der Waals surface area contributed by atoms with Crippen molar-refractivity contribution in [2.75, 3.05) is 31.2 Å². The third-order valence-electron chi connectivity index (χ3n) is 3.20. The Labute approximate surface area is 130 Å². The van der Waals surface area contributed by atoms with E-state index in [1.165, 1.54) is 13.8 Å². The highest BCUT2D eigenvalue weighted by molar-refractivity contribution is 6.01. The van der Waals surface area contributed by atoms with Gasteiger partial charge in [0, 0.05) is 26.2 Å². The Kier molecular flexibility index (Phi) is 5.19. The van der Waals surface area contributed by atoms with E-state index in [-0.39, 0.29) is 17.1 Å². The second kappa shape index (κ2) is 6.95. The molecule has 0 N–H and O–H groups in total. The fraction of sp³-hybridized carbons (Fsp3) is 0.500. The van der Waals surface area contributed by atoms with Crippen molar-refractivity contribution in [3.8, 4) is 0 Å². The summed E-state index contributed by atoms with van der Waals surface area (Å²) in [5, 5.41) is 3.61. The number of carbonyl (C=O) groups is 1. The van der Waals surface area contributed by atoms with Gasteiger partial charge in [0.05, 0.1) is 24.5 Å². The van der Waals surface area contributed by atoms with E-state index in [0.29, 0.717) is 26.3 Å². The maximum absolute atomic E-state index is 12.9. The standard InChI is InChI=1S/C14H16F3N3O3/c1-9(19-23-10(2)21)13-12(20-3-5-22-6-4-20)7-11(8-18-13)14(15,16)17/h7-8H,3-6H2,1-2H3/b19-9-. The zero-order valence-electron chi connectivity index (χ0n) is 12.7. The molecule has 0 spiro atoms. The number of ether oxygens (including phenoxy) is 1. The van der Waals surface area contributed by atoms with Crippen LogP contribution in [0.4, 0.5) is 18.9 Å². The van der Waals surface area contributed by atoms with E-state index < -0.39 is 17.7 Å². The van der Waals surface area contributed by atoms with Crippen LogP contribution in [-0.4, -0.2) is 43.0 Å². The Hall–Kier alpha value is -2.16. The lowest BCUT2D eigenvalue weighted by atomic mass is 10.1. The largest absolute Gasteiger partial charge is 0.417 e. The van der Waals surface area contributed by atoms with Crippen LogP contribution in [-0.2, 0) is 20.5 Å². The molecule has 0 bridgehead atoms. The van der Waals surface area contributed by atoms with Gasteiger partial charge in [-0.15, -0.1) is 0 Å². The molecule has 0 unspecified atom stereocenters. The summed E-state index contributed by atoms with van der Waals surface area (Å²) in [6, 6.07) is 1.03. The van der Waals surface area contributed by atoms with E-state index in [1.54, 1.807) is 4.90 Å². The Morgan fingerprint density at radius 2 is 2.00 bits per heavy atom. The van der Waals surface area contributed by atoms with Crippen LogP contribution in [0.1, 0.15) is 25.1 Å². The molecule has 0 aliphatic carbocycles.